The normalized spacial score (nSPS) is 19.1. The van der Waals surface area contributed by atoms with Crippen LogP contribution in [0.15, 0.2) is 29.4 Å². The van der Waals surface area contributed by atoms with Crippen LogP contribution in [-0.2, 0) is 6.42 Å². The molecule has 0 saturated carbocycles. The van der Waals surface area contributed by atoms with Gasteiger partial charge < -0.3 is 0 Å². The van der Waals surface area contributed by atoms with Gasteiger partial charge >= 0.3 is 0 Å². The molecule has 2 rings (SSSR count). The molecule has 15 heavy (non-hydrogen) atoms. The summed E-state index contributed by atoms with van der Waals surface area (Å²) in [5.74, 6) is 0.598. The van der Waals surface area contributed by atoms with Crippen LogP contribution >= 0.6 is 0 Å². The highest BCUT2D eigenvalue weighted by Crippen LogP contribution is 2.33. The number of hydrogen-bond donors (Lipinski definition) is 0. The maximum absolute atomic E-state index is 8.25. The molecule has 0 radical (unpaired) electrons. The molecular weight excluding hydrogens is 186 g/mol. The molecular formula is C12H15N3. The van der Waals surface area contributed by atoms with E-state index in [1.807, 2.05) is 0 Å². The molecule has 1 atom stereocenters. The minimum atomic E-state index is 0.598. The third-order valence-corrected chi connectivity index (χ3v) is 3.13. The van der Waals surface area contributed by atoms with E-state index in [9.17, 15) is 0 Å². The molecule has 0 bridgehead atoms. The average molecular weight is 201 g/mol. The molecule has 3 heteroatoms. The first-order valence-electron chi connectivity index (χ1n) is 5.50. The highest BCUT2D eigenvalue weighted by Gasteiger charge is 2.18. The van der Waals surface area contributed by atoms with Gasteiger partial charge in [-0.05, 0) is 48.3 Å². The van der Waals surface area contributed by atoms with Gasteiger partial charge in [0.15, 0.2) is 0 Å². The third kappa shape index (κ3) is 2.31. The highest BCUT2D eigenvalue weighted by molar-refractivity contribution is 5.32. The van der Waals surface area contributed by atoms with E-state index in [0.717, 1.165) is 6.42 Å². The molecule has 0 N–H and O–H groups in total. The van der Waals surface area contributed by atoms with Gasteiger partial charge in [-0.25, -0.2) is 0 Å². The second-order valence-corrected chi connectivity index (χ2v) is 4.03. The first-order chi connectivity index (χ1) is 7.42. The summed E-state index contributed by atoms with van der Waals surface area (Å²) in [6.45, 7) is 0.621. The molecule has 1 aromatic rings. The second kappa shape index (κ2) is 4.85. The average Bonchev–Trinajstić information content (AvgIpc) is 2.30. The Morgan fingerprint density at radius 2 is 2.27 bits per heavy atom. The lowest BCUT2D eigenvalue weighted by Gasteiger charge is -2.24. The fraction of sp³-hybridized carbons (Fsp3) is 0.500. The number of rotatable bonds is 3. The monoisotopic (exact) mass is 201 g/mol. The first kappa shape index (κ1) is 10.1. The summed E-state index contributed by atoms with van der Waals surface area (Å²) in [5.41, 5.74) is 11.2. The number of fused-ring (bicyclic) bond motifs is 1. The second-order valence-electron chi connectivity index (χ2n) is 4.03. The Bertz CT molecular complexity index is 380. The molecule has 1 aliphatic rings. The van der Waals surface area contributed by atoms with Crippen LogP contribution in [0.2, 0.25) is 0 Å². The number of nitrogens with zero attached hydrogens (tertiary/aromatic N) is 3. The van der Waals surface area contributed by atoms with Gasteiger partial charge in [0.05, 0.1) is 0 Å². The van der Waals surface area contributed by atoms with Gasteiger partial charge in [0.1, 0.15) is 0 Å². The van der Waals surface area contributed by atoms with E-state index < -0.39 is 0 Å². The smallest absolute Gasteiger partial charge is 0.0263 e. The summed E-state index contributed by atoms with van der Waals surface area (Å²) in [5, 5.41) is 3.62. The molecule has 0 heterocycles. The number of azide groups is 1. The molecule has 1 unspecified atom stereocenters. The largest absolute Gasteiger partial charge is 0.0940 e. The standard InChI is InChI=1S/C12H15N3/c13-15-14-9-8-11-6-3-5-10-4-1-2-7-12(10)11/h1-2,4,7,11H,3,5-6,8-9H2. The number of hydrogen-bond acceptors (Lipinski definition) is 1. The molecule has 0 aliphatic heterocycles. The lowest BCUT2D eigenvalue weighted by molar-refractivity contribution is 0.525. The minimum Gasteiger partial charge on any atom is -0.0940 e. The maximum atomic E-state index is 8.25. The summed E-state index contributed by atoms with van der Waals surface area (Å²) < 4.78 is 0. The Balaban J connectivity index is 2.11. The van der Waals surface area contributed by atoms with Crippen molar-refractivity contribution >= 4 is 0 Å². The van der Waals surface area contributed by atoms with E-state index in [1.54, 1.807) is 0 Å². The summed E-state index contributed by atoms with van der Waals surface area (Å²) >= 11 is 0. The van der Waals surface area contributed by atoms with E-state index in [2.05, 4.69) is 34.3 Å². The van der Waals surface area contributed by atoms with Crippen LogP contribution in [0.5, 0.6) is 0 Å². The van der Waals surface area contributed by atoms with Crippen molar-refractivity contribution in [2.75, 3.05) is 6.54 Å². The quantitative estimate of drug-likeness (QED) is 0.405. The van der Waals surface area contributed by atoms with E-state index in [4.69, 9.17) is 5.53 Å². The van der Waals surface area contributed by atoms with Crippen LogP contribution in [0.25, 0.3) is 10.4 Å². The van der Waals surface area contributed by atoms with E-state index in [-0.39, 0.29) is 0 Å². The molecule has 1 aromatic carbocycles. The Morgan fingerprint density at radius 1 is 1.40 bits per heavy atom. The maximum Gasteiger partial charge on any atom is 0.0263 e. The van der Waals surface area contributed by atoms with Gasteiger partial charge in [0.2, 0.25) is 0 Å². The van der Waals surface area contributed by atoms with Crippen molar-refractivity contribution in [2.24, 2.45) is 5.11 Å². The molecule has 0 amide bonds. The molecule has 0 saturated heterocycles. The lowest BCUT2D eigenvalue weighted by Crippen LogP contribution is -2.10. The number of benzene rings is 1. The predicted molar refractivity (Wildman–Crippen MR) is 60.8 cm³/mol. The minimum absolute atomic E-state index is 0.598. The fourth-order valence-corrected chi connectivity index (χ4v) is 2.41. The molecule has 78 valence electrons. The van der Waals surface area contributed by atoms with E-state index in [1.165, 1.54) is 30.4 Å². The van der Waals surface area contributed by atoms with Gasteiger partial charge in [-0.2, -0.15) is 0 Å². The van der Waals surface area contributed by atoms with Crippen LogP contribution in [0.1, 0.15) is 36.3 Å². The van der Waals surface area contributed by atoms with Crippen molar-refractivity contribution in [3.05, 3.63) is 45.8 Å². The van der Waals surface area contributed by atoms with Gasteiger partial charge in [0, 0.05) is 11.5 Å². The van der Waals surface area contributed by atoms with Gasteiger partial charge in [-0.15, -0.1) is 0 Å². The topological polar surface area (TPSA) is 48.8 Å². The van der Waals surface area contributed by atoms with Crippen molar-refractivity contribution < 1.29 is 0 Å². The summed E-state index contributed by atoms with van der Waals surface area (Å²) in [6, 6.07) is 8.64. The third-order valence-electron chi connectivity index (χ3n) is 3.13. The van der Waals surface area contributed by atoms with Crippen molar-refractivity contribution in [1.29, 1.82) is 0 Å². The highest BCUT2D eigenvalue weighted by atomic mass is 15.1. The SMILES string of the molecule is [N-]=[N+]=NCCC1CCCc2ccccc21. The van der Waals surface area contributed by atoms with Crippen molar-refractivity contribution in [1.82, 2.24) is 0 Å². The van der Waals surface area contributed by atoms with Crippen LogP contribution in [0.4, 0.5) is 0 Å². The summed E-state index contributed by atoms with van der Waals surface area (Å²) in [4.78, 5) is 2.80. The Morgan fingerprint density at radius 3 is 3.13 bits per heavy atom. The Hall–Kier alpha value is -1.47. The Kier molecular flexibility index (Phi) is 3.25. The van der Waals surface area contributed by atoms with Gasteiger partial charge in [0.25, 0.3) is 0 Å². The zero-order valence-corrected chi connectivity index (χ0v) is 8.76. The first-order valence-corrected chi connectivity index (χ1v) is 5.50. The number of aryl methyl sites for hydroxylation is 1. The molecule has 0 aromatic heterocycles. The predicted octanol–water partition coefficient (Wildman–Crippen LogP) is 3.81. The summed E-state index contributed by atoms with van der Waals surface area (Å²) in [6.07, 6.45) is 4.69. The lowest BCUT2D eigenvalue weighted by atomic mass is 9.81. The van der Waals surface area contributed by atoms with Gasteiger partial charge in [-0.3, -0.25) is 0 Å². The van der Waals surface area contributed by atoms with Crippen molar-refractivity contribution in [3.8, 4) is 0 Å². The van der Waals surface area contributed by atoms with Crippen LogP contribution in [0.3, 0.4) is 0 Å². The zero-order valence-electron chi connectivity index (χ0n) is 8.76. The van der Waals surface area contributed by atoms with E-state index in [0.29, 0.717) is 12.5 Å². The van der Waals surface area contributed by atoms with E-state index >= 15 is 0 Å². The van der Waals surface area contributed by atoms with Crippen LogP contribution in [0, 0.1) is 0 Å². The molecule has 0 spiro atoms. The van der Waals surface area contributed by atoms with Gasteiger partial charge in [-0.1, -0.05) is 29.4 Å². The Labute approximate surface area is 89.7 Å². The molecule has 3 nitrogen and oxygen atoms in total. The zero-order chi connectivity index (χ0) is 10.5. The fourth-order valence-electron chi connectivity index (χ4n) is 2.41. The molecule has 1 aliphatic carbocycles. The summed E-state index contributed by atoms with van der Waals surface area (Å²) in [7, 11) is 0. The van der Waals surface area contributed by atoms with Crippen molar-refractivity contribution in [3.63, 3.8) is 0 Å². The van der Waals surface area contributed by atoms with Crippen LogP contribution in [-0.4, -0.2) is 6.54 Å². The molecule has 0 fully saturated rings. The van der Waals surface area contributed by atoms with Crippen LogP contribution < -0.4 is 0 Å². The van der Waals surface area contributed by atoms with Crippen molar-refractivity contribution in [2.45, 2.75) is 31.6 Å².